The van der Waals surface area contributed by atoms with E-state index in [2.05, 4.69) is 20.5 Å². The monoisotopic (exact) mass is 207 g/mol. The van der Waals surface area contributed by atoms with Gasteiger partial charge in [-0.25, -0.2) is 4.98 Å². The molecule has 0 spiro atoms. The second-order valence-corrected chi connectivity index (χ2v) is 3.63. The predicted octanol–water partition coefficient (Wildman–Crippen LogP) is 1.22. The molecule has 0 aliphatic heterocycles. The van der Waals surface area contributed by atoms with Gasteiger partial charge >= 0.3 is 0 Å². The van der Waals surface area contributed by atoms with Crippen molar-refractivity contribution < 1.29 is 0 Å². The van der Waals surface area contributed by atoms with Crippen molar-refractivity contribution >= 4 is 22.3 Å². The Bertz CT molecular complexity index is 439. The van der Waals surface area contributed by atoms with Crippen LogP contribution in [0.1, 0.15) is 0 Å². The number of nitrogen functional groups attached to an aromatic ring is 1. The lowest BCUT2D eigenvalue weighted by molar-refractivity contribution is 1.10. The topological polar surface area (TPSA) is 76.7 Å². The number of aromatic nitrogens is 3. The minimum atomic E-state index is 0.475. The zero-order valence-corrected chi connectivity index (χ0v) is 8.38. The first-order valence-corrected chi connectivity index (χ1v) is 4.84. The molecule has 0 unspecified atom stereocenters. The van der Waals surface area contributed by atoms with E-state index < -0.39 is 0 Å². The van der Waals surface area contributed by atoms with Gasteiger partial charge in [0.2, 0.25) is 5.13 Å². The van der Waals surface area contributed by atoms with E-state index in [1.54, 1.807) is 6.20 Å². The molecule has 0 radical (unpaired) electrons. The van der Waals surface area contributed by atoms with E-state index in [0.29, 0.717) is 5.13 Å². The minimum absolute atomic E-state index is 0.475. The fourth-order valence-electron chi connectivity index (χ4n) is 1.05. The molecule has 2 heterocycles. The molecule has 5 nitrogen and oxygen atoms in total. The van der Waals surface area contributed by atoms with E-state index in [9.17, 15) is 0 Å². The Morgan fingerprint density at radius 3 is 2.93 bits per heavy atom. The van der Waals surface area contributed by atoms with Crippen LogP contribution in [0.15, 0.2) is 18.3 Å². The van der Waals surface area contributed by atoms with E-state index in [1.807, 2.05) is 19.2 Å². The lowest BCUT2D eigenvalue weighted by atomic mass is 10.3. The van der Waals surface area contributed by atoms with Crippen molar-refractivity contribution in [3.63, 3.8) is 0 Å². The summed E-state index contributed by atoms with van der Waals surface area (Å²) in [7, 11) is 1.82. The zero-order valence-electron chi connectivity index (χ0n) is 7.56. The maximum Gasteiger partial charge on any atom is 0.203 e. The second kappa shape index (κ2) is 3.59. The van der Waals surface area contributed by atoms with E-state index in [0.717, 1.165) is 16.4 Å². The number of nitrogens with two attached hydrogens (primary N) is 1. The standard InChI is InChI=1S/C8H9N5S/c1-10-6-4-5(2-3-11-6)7-12-13-8(9)14-7/h2-4H,1H3,(H2,9,13)(H,10,11). The first-order valence-electron chi connectivity index (χ1n) is 4.03. The summed E-state index contributed by atoms with van der Waals surface area (Å²) in [6.45, 7) is 0. The molecule has 3 N–H and O–H groups in total. The Morgan fingerprint density at radius 2 is 2.29 bits per heavy atom. The molecule has 2 aromatic rings. The van der Waals surface area contributed by atoms with Crippen LogP contribution in [0.5, 0.6) is 0 Å². The van der Waals surface area contributed by atoms with Crippen molar-refractivity contribution in [2.45, 2.75) is 0 Å². The molecule has 0 aromatic carbocycles. The third-order valence-corrected chi connectivity index (χ3v) is 2.51. The average molecular weight is 207 g/mol. The van der Waals surface area contributed by atoms with Gasteiger partial charge in [-0.1, -0.05) is 11.3 Å². The quantitative estimate of drug-likeness (QED) is 0.774. The number of nitrogens with zero attached hydrogens (tertiary/aromatic N) is 3. The molecule has 0 bridgehead atoms. The Balaban J connectivity index is 2.41. The lowest BCUT2D eigenvalue weighted by Crippen LogP contribution is -1.91. The molecule has 6 heteroatoms. The van der Waals surface area contributed by atoms with Gasteiger partial charge < -0.3 is 11.1 Å². The van der Waals surface area contributed by atoms with Crippen LogP contribution in [0.4, 0.5) is 10.9 Å². The van der Waals surface area contributed by atoms with Crippen LogP contribution in [-0.2, 0) is 0 Å². The number of anilines is 2. The van der Waals surface area contributed by atoms with Crippen LogP contribution in [0.3, 0.4) is 0 Å². The van der Waals surface area contributed by atoms with Gasteiger partial charge in [-0.15, -0.1) is 10.2 Å². The van der Waals surface area contributed by atoms with Crippen molar-refractivity contribution in [3.05, 3.63) is 18.3 Å². The van der Waals surface area contributed by atoms with Gasteiger partial charge in [0.15, 0.2) is 0 Å². The van der Waals surface area contributed by atoms with Gasteiger partial charge in [0.05, 0.1) is 0 Å². The SMILES string of the molecule is CNc1cc(-c2nnc(N)s2)ccn1. The normalized spacial score (nSPS) is 10.1. The van der Waals surface area contributed by atoms with E-state index >= 15 is 0 Å². The molecule has 0 amide bonds. The molecule has 72 valence electrons. The summed E-state index contributed by atoms with van der Waals surface area (Å²) in [5.74, 6) is 0.802. The van der Waals surface area contributed by atoms with Crippen LogP contribution in [0, 0.1) is 0 Å². The summed E-state index contributed by atoms with van der Waals surface area (Å²) >= 11 is 1.36. The van der Waals surface area contributed by atoms with Gasteiger partial charge in [-0.2, -0.15) is 0 Å². The largest absolute Gasteiger partial charge is 0.374 e. The van der Waals surface area contributed by atoms with E-state index in [4.69, 9.17) is 5.73 Å². The van der Waals surface area contributed by atoms with Crippen molar-refractivity contribution in [1.82, 2.24) is 15.2 Å². The Labute approximate surface area is 85.0 Å². The first kappa shape index (κ1) is 8.89. The van der Waals surface area contributed by atoms with Crippen LogP contribution < -0.4 is 11.1 Å². The van der Waals surface area contributed by atoms with Gasteiger partial charge in [0, 0.05) is 18.8 Å². The number of pyridine rings is 1. The molecule has 0 atom stereocenters. The van der Waals surface area contributed by atoms with Gasteiger partial charge in [-0.05, 0) is 12.1 Å². The summed E-state index contributed by atoms with van der Waals surface area (Å²) in [5.41, 5.74) is 6.47. The highest BCUT2D eigenvalue weighted by Gasteiger charge is 2.04. The molecule has 0 aliphatic carbocycles. The minimum Gasteiger partial charge on any atom is -0.374 e. The molecule has 0 saturated carbocycles. The highest BCUT2D eigenvalue weighted by molar-refractivity contribution is 7.18. The maximum absolute atomic E-state index is 5.50. The number of nitrogens with one attached hydrogen (secondary N) is 1. The maximum atomic E-state index is 5.50. The lowest BCUT2D eigenvalue weighted by Gasteiger charge is -1.99. The smallest absolute Gasteiger partial charge is 0.203 e. The molecular formula is C8H9N5S. The third-order valence-electron chi connectivity index (χ3n) is 1.70. The van der Waals surface area contributed by atoms with Gasteiger partial charge in [0.1, 0.15) is 10.8 Å². The van der Waals surface area contributed by atoms with E-state index in [-0.39, 0.29) is 0 Å². The van der Waals surface area contributed by atoms with Crippen molar-refractivity contribution in [2.75, 3.05) is 18.1 Å². The fourth-order valence-corrected chi connectivity index (χ4v) is 1.66. The fraction of sp³-hybridized carbons (Fsp3) is 0.125. The summed E-state index contributed by atoms with van der Waals surface area (Å²) in [4.78, 5) is 4.10. The molecule has 0 aliphatic rings. The van der Waals surface area contributed by atoms with Crippen LogP contribution in [-0.4, -0.2) is 22.2 Å². The molecule has 2 aromatic heterocycles. The molecule has 2 rings (SSSR count). The predicted molar refractivity (Wildman–Crippen MR) is 57.1 cm³/mol. The summed E-state index contributed by atoms with van der Waals surface area (Å²) < 4.78 is 0. The Morgan fingerprint density at radius 1 is 1.43 bits per heavy atom. The summed E-state index contributed by atoms with van der Waals surface area (Å²) in [6.07, 6.45) is 1.72. The molecule has 0 saturated heterocycles. The highest BCUT2D eigenvalue weighted by atomic mass is 32.1. The number of hydrogen-bond donors (Lipinski definition) is 2. The van der Waals surface area contributed by atoms with Crippen LogP contribution in [0.25, 0.3) is 10.6 Å². The first-order chi connectivity index (χ1) is 6.79. The average Bonchev–Trinajstić information content (AvgIpc) is 2.65. The molecule has 0 fully saturated rings. The Hall–Kier alpha value is -1.69. The molecular weight excluding hydrogens is 198 g/mol. The van der Waals surface area contributed by atoms with Crippen molar-refractivity contribution in [2.24, 2.45) is 0 Å². The summed E-state index contributed by atoms with van der Waals surface area (Å²) in [6, 6.07) is 3.78. The second-order valence-electron chi connectivity index (χ2n) is 2.63. The van der Waals surface area contributed by atoms with Gasteiger partial charge in [-0.3, -0.25) is 0 Å². The van der Waals surface area contributed by atoms with Crippen LogP contribution in [0.2, 0.25) is 0 Å². The number of hydrogen-bond acceptors (Lipinski definition) is 6. The van der Waals surface area contributed by atoms with Gasteiger partial charge in [0.25, 0.3) is 0 Å². The molecule has 14 heavy (non-hydrogen) atoms. The van der Waals surface area contributed by atoms with E-state index in [1.165, 1.54) is 11.3 Å². The van der Waals surface area contributed by atoms with Crippen LogP contribution >= 0.6 is 11.3 Å². The Kier molecular flexibility index (Phi) is 2.28. The highest BCUT2D eigenvalue weighted by Crippen LogP contribution is 2.25. The summed E-state index contributed by atoms with van der Waals surface area (Å²) in [5, 5.41) is 11.9. The van der Waals surface area contributed by atoms with Crippen molar-refractivity contribution in [1.29, 1.82) is 0 Å². The zero-order chi connectivity index (χ0) is 9.97. The number of rotatable bonds is 2. The third kappa shape index (κ3) is 1.64. The van der Waals surface area contributed by atoms with Crippen molar-refractivity contribution in [3.8, 4) is 10.6 Å².